The number of hydrogen-bond donors (Lipinski definition) is 2. The Balaban J connectivity index is 2.07. The zero-order valence-corrected chi connectivity index (χ0v) is 14.1. The SMILES string of the molecule is C=Cc1ccc(C(=O)O)c(-c2ccccc2OCc2ccccc2)c1O. The summed E-state index contributed by atoms with van der Waals surface area (Å²) in [6.45, 7) is 4.00. The predicted octanol–water partition coefficient (Wildman–Crippen LogP) is 4.98. The van der Waals surface area contributed by atoms with E-state index in [1.54, 1.807) is 24.3 Å². The molecule has 0 fully saturated rings. The van der Waals surface area contributed by atoms with Crippen molar-refractivity contribution in [3.05, 3.63) is 90.0 Å². The molecule has 130 valence electrons. The summed E-state index contributed by atoms with van der Waals surface area (Å²) in [7, 11) is 0. The number of rotatable bonds is 6. The van der Waals surface area contributed by atoms with Crippen molar-refractivity contribution in [2.24, 2.45) is 0 Å². The fraction of sp³-hybridized carbons (Fsp3) is 0.0455. The lowest BCUT2D eigenvalue weighted by Gasteiger charge is -2.16. The van der Waals surface area contributed by atoms with Crippen LogP contribution in [-0.4, -0.2) is 16.2 Å². The van der Waals surface area contributed by atoms with Crippen LogP contribution in [0.5, 0.6) is 11.5 Å². The Morgan fingerprint density at radius 2 is 1.69 bits per heavy atom. The van der Waals surface area contributed by atoms with Crippen LogP contribution in [0.3, 0.4) is 0 Å². The molecule has 0 spiro atoms. The highest BCUT2D eigenvalue weighted by Gasteiger charge is 2.20. The van der Waals surface area contributed by atoms with Gasteiger partial charge < -0.3 is 14.9 Å². The number of aromatic hydroxyl groups is 1. The van der Waals surface area contributed by atoms with E-state index >= 15 is 0 Å². The fourth-order valence-electron chi connectivity index (χ4n) is 2.76. The van der Waals surface area contributed by atoms with Crippen molar-refractivity contribution in [1.29, 1.82) is 0 Å². The summed E-state index contributed by atoms with van der Waals surface area (Å²) in [6.07, 6.45) is 1.48. The number of hydrogen-bond acceptors (Lipinski definition) is 3. The molecule has 4 heteroatoms. The predicted molar refractivity (Wildman–Crippen MR) is 101 cm³/mol. The van der Waals surface area contributed by atoms with Crippen LogP contribution in [0, 0.1) is 0 Å². The third-order valence-corrected chi connectivity index (χ3v) is 4.05. The monoisotopic (exact) mass is 346 g/mol. The summed E-state index contributed by atoms with van der Waals surface area (Å²) in [5.41, 5.74) is 2.19. The normalized spacial score (nSPS) is 10.3. The van der Waals surface area contributed by atoms with E-state index in [1.807, 2.05) is 30.3 Å². The van der Waals surface area contributed by atoms with Gasteiger partial charge in [-0.1, -0.05) is 67.3 Å². The van der Waals surface area contributed by atoms with Crippen molar-refractivity contribution in [3.63, 3.8) is 0 Å². The molecule has 0 bridgehead atoms. The van der Waals surface area contributed by atoms with Crippen LogP contribution >= 0.6 is 0 Å². The molecule has 0 aromatic heterocycles. The molecule has 0 heterocycles. The van der Waals surface area contributed by atoms with Crippen LogP contribution in [-0.2, 0) is 6.61 Å². The second-order valence-corrected chi connectivity index (χ2v) is 5.71. The average molecular weight is 346 g/mol. The van der Waals surface area contributed by atoms with Crippen molar-refractivity contribution in [2.75, 3.05) is 0 Å². The van der Waals surface area contributed by atoms with Crippen molar-refractivity contribution in [2.45, 2.75) is 6.61 Å². The van der Waals surface area contributed by atoms with E-state index in [4.69, 9.17) is 4.74 Å². The fourth-order valence-corrected chi connectivity index (χ4v) is 2.76. The summed E-state index contributed by atoms with van der Waals surface area (Å²) >= 11 is 0. The number of aromatic carboxylic acids is 1. The molecule has 0 aliphatic carbocycles. The molecule has 2 N–H and O–H groups in total. The minimum absolute atomic E-state index is 0.00358. The first kappa shape index (κ1) is 17.3. The third-order valence-electron chi connectivity index (χ3n) is 4.05. The summed E-state index contributed by atoms with van der Waals surface area (Å²) in [5.74, 6) is -0.755. The molecule has 0 unspecified atom stereocenters. The number of para-hydroxylation sites is 1. The van der Waals surface area contributed by atoms with Crippen LogP contribution in [0.2, 0.25) is 0 Å². The summed E-state index contributed by atoms with van der Waals surface area (Å²) in [5, 5.41) is 20.1. The van der Waals surface area contributed by atoms with Gasteiger partial charge >= 0.3 is 5.97 Å². The van der Waals surface area contributed by atoms with Crippen LogP contribution < -0.4 is 4.74 Å². The van der Waals surface area contributed by atoms with Crippen LogP contribution in [0.15, 0.2) is 73.3 Å². The van der Waals surface area contributed by atoms with E-state index in [0.29, 0.717) is 23.5 Å². The Morgan fingerprint density at radius 3 is 2.38 bits per heavy atom. The minimum Gasteiger partial charge on any atom is -0.507 e. The lowest BCUT2D eigenvalue weighted by Crippen LogP contribution is -2.03. The number of ether oxygens (including phenoxy) is 1. The van der Waals surface area contributed by atoms with E-state index in [1.165, 1.54) is 18.2 Å². The third kappa shape index (κ3) is 3.44. The van der Waals surface area contributed by atoms with E-state index in [9.17, 15) is 15.0 Å². The molecule has 0 radical (unpaired) electrons. The van der Waals surface area contributed by atoms with Crippen LogP contribution in [0.25, 0.3) is 17.2 Å². The Kier molecular flexibility index (Phi) is 5.04. The van der Waals surface area contributed by atoms with Gasteiger partial charge in [-0.3, -0.25) is 0 Å². The first-order chi connectivity index (χ1) is 12.6. The van der Waals surface area contributed by atoms with Crippen molar-refractivity contribution in [1.82, 2.24) is 0 Å². The van der Waals surface area contributed by atoms with Gasteiger partial charge in [-0.05, 0) is 17.7 Å². The number of benzene rings is 3. The van der Waals surface area contributed by atoms with Gasteiger partial charge in [0, 0.05) is 16.7 Å². The molecule has 0 amide bonds. The van der Waals surface area contributed by atoms with Gasteiger partial charge in [-0.25, -0.2) is 4.79 Å². The smallest absolute Gasteiger partial charge is 0.336 e. The van der Waals surface area contributed by atoms with Crippen molar-refractivity contribution in [3.8, 4) is 22.6 Å². The standard InChI is InChI=1S/C22H18O4/c1-2-16-12-13-18(22(24)25)20(21(16)23)17-10-6-7-11-19(17)26-14-15-8-4-3-5-9-15/h2-13,23H,1,14H2,(H,24,25). The van der Waals surface area contributed by atoms with Gasteiger partial charge in [0.05, 0.1) is 5.56 Å². The maximum Gasteiger partial charge on any atom is 0.336 e. The zero-order chi connectivity index (χ0) is 18.5. The van der Waals surface area contributed by atoms with Gasteiger partial charge in [0.1, 0.15) is 18.1 Å². The minimum atomic E-state index is -1.12. The Bertz CT molecular complexity index is 946. The molecule has 0 saturated heterocycles. The van der Waals surface area contributed by atoms with Gasteiger partial charge in [-0.2, -0.15) is 0 Å². The van der Waals surface area contributed by atoms with Crippen molar-refractivity contribution < 1.29 is 19.7 Å². The number of phenols is 1. The second kappa shape index (κ2) is 7.57. The topological polar surface area (TPSA) is 66.8 Å². The van der Waals surface area contributed by atoms with Crippen molar-refractivity contribution >= 4 is 12.0 Å². The highest BCUT2D eigenvalue weighted by Crippen LogP contribution is 2.41. The maximum atomic E-state index is 11.7. The Morgan fingerprint density at radius 1 is 1.00 bits per heavy atom. The Hall–Kier alpha value is -3.53. The summed E-state index contributed by atoms with van der Waals surface area (Å²) < 4.78 is 5.91. The van der Waals surface area contributed by atoms with Gasteiger partial charge in [0.25, 0.3) is 0 Å². The van der Waals surface area contributed by atoms with Gasteiger partial charge in [-0.15, -0.1) is 0 Å². The van der Waals surface area contributed by atoms with E-state index < -0.39 is 5.97 Å². The lowest BCUT2D eigenvalue weighted by atomic mass is 9.95. The zero-order valence-electron chi connectivity index (χ0n) is 14.1. The molecule has 3 rings (SSSR count). The number of phenolic OH excluding ortho intramolecular Hbond substituents is 1. The van der Waals surface area contributed by atoms with Crippen LogP contribution in [0.4, 0.5) is 0 Å². The summed E-state index contributed by atoms with van der Waals surface area (Å²) in [6, 6.07) is 19.7. The van der Waals surface area contributed by atoms with E-state index in [0.717, 1.165) is 5.56 Å². The van der Waals surface area contributed by atoms with Crippen LogP contribution in [0.1, 0.15) is 21.5 Å². The molecule has 0 saturated carbocycles. The maximum absolute atomic E-state index is 11.7. The summed E-state index contributed by atoms with van der Waals surface area (Å²) in [4.78, 5) is 11.7. The number of carbonyl (C=O) groups is 1. The average Bonchev–Trinajstić information content (AvgIpc) is 2.67. The Labute approximate surface area is 151 Å². The molecule has 0 aliphatic heterocycles. The highest BCUT2D eigenvalue weighted by atomic mass is 16.5. The molecule has 26 heavy (non-hydrogen) atoms. The van der Waals surface area contributed by atoms with E-state index in [-0.39, 0.29) is 16.9 Å². The number of carboxylic acids is 1. The largest absolute Gasteiger partial charge is 0.507 e. The molecule has 0 atom stereocenters. The quantitative estimate of drug-likeness (QED) is 0.660. The molecule has 0 aliphatic rings. The molecule has 3 aromatic carbocycles. The first-order valence-corrected chi connectivity index (χ1v) is 8.09. The molecule has 3 aromatic rings. The second-order valence-electron chi connectivity index (χ2n) is 5.71. The molecular weight excluding hydrogens is 328 g/mol. The van der Waals surface area contributed by atoms with E-state index in [2.05, 4.69) is 6.58 Å². The molecular formula is C22H18O4. The number of carboxylic acid groups (broad SMARTS) is 1. The first-order valence-electron chi connectivity index (χ1n) is 8.09. The van der Waals surface area contributed by atoms with Gasteiger partial charge in [0.2, 0.25) is 0 Å². The highest BCUT2D eigenvalue weighted by molar-refractivity contribution is 6.00. The van der Waals surface area contributed by atoms with Gasteiger partial charge in [0.15, 0.2) is 0 Å². The lowest BCUT2D eigenvalue weighted by molar-refractivity contribution is 0.0697. The molecule has 4 nitrogen and oxygen atoms in total.